The molecule has 3 aromatic rings. The third kappa shape index (κ3) is 5.31. The highest BCUT2D eigenvalue weighted by Gasteiger charge is 2.10. The van der Waals surface area contributed by atoms with Crippen LogP contribution in [-0.4, -0.2) is 33.4 Å². The zero-order valence-corrected chi connectivity index (χ0v) is 17.3. The number of hydrazine groups is 1. The molecular weight excluding hydrogens is 416 g/mol. The smallest absolute Gasteiger partial charge is 0.269 e. The zero-order valence-electron chi connectivity index (χ0n) is 14.9. The first-order valence-electron chi connectivity index (χ1n) is 8.22. The van der Waals surface area contributed by atoms with Gasteiger partial charge in [0.05, 0.1) is 5.75 Å². The monoisotopic (exact) mass is 432 g/mol. The maximum absolute atomic E-state index is 12.4. The molecule has 0 aliphatic heterocycles. The van der Waals surface area contributed by atoms with Crippen LogP contribution in [0.25, 0.3) is 5.69 Å². The van der Waals surface area contributed by atoms with Crippen molar-refractivity contribution < 1.29 is 9.59 Å². The number of hydrogen-bond acceptors (Lipinski definition) is 5. The van der Waals surface area contributed by atoms with Gasteiger partial charge >= 0.3 is 0 Å². The number of imidazole rings is 1. The number of thioether (sulfide) groups is 2. The first kappa shape index (κ1) is 20.3. The van der Waals surface area contributed by atoms with Crippen molar-refractivity contribution in [2.24, 2.45) is 0 Å². The van der Waals surface area contributed by atoms with E-state index in [2.05, 4.69) is 15.8 Å². The summed E-state index contributed by atoms with van der Waals surface area (Å²) in [5.74, 6) is -0.519. The average Bonchev–Trinajstić information content (AvgIpc) is 3.20. The van der Waals surface area contributed by atoms with E-state index < -0.39 is 5.91 Å². The van der Waals surface area contributed by atoms with Gasteiger partial charge < -0.3 is 0 Å². The largest absolute Gasteiger partial charge is 0.295 e. The highest BCUT2D eigenvalue weighted by atomic mass is 35.5. The molecule has 0 atom stereocenters. The third-order valence-electron chi connectivity index (χ3n) is 3.67. The number of benzene rings is 2. The second-order valence-corrected chi connectivity index (χ2v) is 7.84. The first-order valence-corrected chi connectivity index (χ1v) is 10.8. The van der Waals surface area contributed by atoms with Gasteiger partial charge in [-0.25, -0.2) is 4.98 Å². The molecule has 28 heavy (non-hydrogen) atoms. The van der Waals surface area contributed by atoms with Crippen LogP contribution < -0.4 is 10.9 Å². The summed E-state index contributed by atoms with van der Waals surface area (Å²) in [4.78, 5) is 29.5. The second kappa shape index (κ2) is 9.68. The molecule has 0 aliphatic rings. The van der Waals surface area contributed by atoms with E-state index in [9.17, 15) is 9.59 Å². The van der Waals surface area contributed by atoms with Crippen LogP contribution >= 0.6 is 35.1 Å². The van der Waals surface area contributed by atoms with Crippen LogP contribution in [0.15, 0.2) is 71.0 Å². The molecule has 0 saturated carbocycles. The molecule has 1 aromatic heterocycles. The molecule has 9 heteroatoms. The molecule has 6 nitrogen and oxygen atoms in total. The summed E-state index contributed by atoms with van der Waals surface area (Å²) in [7, 11) is 0. The minimum Gasteiger partial charge on any atom is -0.295 e. The fraction of sp³-hybridized carbons (Fsp3) is 0.105. The summed E-state index contributed by atoms with van der Waals surface area (Å²) in [6.45, 7) is 0. The van der Waals surface area contributed by atoms with E-state index in [4.69, 9.17) is 11.6 Å². The lowest BCUT2D eigenvalue weighted by atomic mass is 10.2. The van der Waals surface area contributed by atoms with Gasteiger partial charge in [0.2, 0.25) is 5.91 Å². The van der Waals surface area contributed by atoms with Crippen LogP contribution in [0.5, 0.6) is 0 Å². The van der Waals surface area contributed by atoms with Gasteiger partial charge in [-0.15, -0.1) is 11.8 Å². The van der Waals surface area contributed by atoms with Gasteiger partial charge in [0.1, 0.15) is 0 Å². The lowest BCUT2D eigenvalue weighted by molar-refractivity contribution is -0.119. The molecule has 0 radical (unpaired) electrons. The Balaban J connectivity index is 1.55. The van der Waals surface area contributed by atoms with E-state index in [-0.39, 0.29) is 11.7 Å². The van der Waals surface area contributed by atoms with Crippen LogP contribution in [0, 0.1) is 0 Å². The summed E-state index contributed by atoms with van der Waals surface area (Å²) in [5.41, 5.74) is 6.13. The van der Waals surface area contributed by atoms with E-state index in [1.807, 2.05) is 35.2 Å². The molecule has 2 N–H and O–H groups in total. The van der Waals surface area contributed by atoms with E-state index in [1.165, 1.54) is 23.5 Å². The number of carbonyl (C=O) groups is 2. The van der Waals surface area contributed by atoms with Gasteiger partial charge in [-0.1, -0.05) is 29.4 Å². The fourth-order valence-electron chi connectivity index (χ4n) is 2.35. The van der Waals surface area contributed by atoms with Crippen LogP contribution in [0.3, 0.4) is 0 Å². The van der Waals surface area contributed by atoms with Crippen molar-refractivity contribution in [3.8, 4) is 5.69 Å². The molecule has 0 aliphatic carbocycles. The lowest BCUT2D eigenvalue weighted by Gasteiger charge is -2.10. The Morgan fingerprint density at radius 2 is 1.93 bits per heavy atom. The highest BCUT2D eigenvalue weighted by Crippen LogP contribution is 2.20. The minimum absolute atomic E-state index is 0.175. The van der Waals surface area contributed by atoms with Crippen LogP contribution in [0.1, 0.15) is 10.4 Å². The summed E-state index contributed by atoms with van der Waals surface area (Å²) in [6.07, 6.45) is 5.47. The quantitative estimate of drug-likeness (QED) is 0.457. The van der Waals surface area contributed by atoms with Gasteiger partial charge in [0, 0.05) is 33.6 Å². The van der Waals surface area contributed by atoms with Crippen molar-refractivity contribution >= 4 is 46.9 Å². The molecule has 0 saturated heterocycles. The van der Waals surface area contributed by atoms with Crippen molar-refractivity contribution in [1.29, 1.82) is 0 Å². The predicted molar refractivity (Wildman–Crippen MR) is 113 cm³/mol. The van der Waals surface area contributed by atoms with Crippen LogP contribution in [-0.2, 0) is 4.79 Å². The van der Waals surface area contributed by atoms with Gasteiger partial charge in [-0.2, -0.15) is 0 Å². The summed E-state index contributed by atoms with van der Waals surface area (Å²) >= 11 is 8.70. The molecule has 2 aromatic carbocycles. The number of nitrogens with zero attached hydrogens (tertiary/aromatic N) is 2. The van der Waals surface area contributed by atoms with Crippen LogP contribution in [0.4, 0.5) is 0 Å². The maximum atomic E-state index is 12.4. The SMILES string of the molecule is CSc1nccn1-c1cccc(C(=O)NNC(=O)CSc2ccc(Cl)cc2)c1. The Labute approximate surface area is 176 Å². The molecule has 1 heterocycles. The van der Waals surface area contributed by atoms with Crippen molar-refractivity contribution in [3.63, 3.8) is 0 Å². The fourth-order valence-corrected chi connectivity index (χ4v) is 3.70. The Morgan fingerprint density at radius 3 is 2.68 bits per heavy atom. The molecule has 0 bridgehead atoms. The van der Waals surface area contributed by atoms with Gasteiger partial charge in [0.25, 0.3) is 5.91 Å². The maximum Gasteiger partial charge on any atom is 0.269 e. The molecule has 2 amide bonds. The van der Waals surface area contributed by atoms with E-state index in [1.54, 1.807) is 36.5 Å². The first-order chi connectivity index (χ1) is 13.6. The standard InChI is InChI=1S/C19H17ClN4O2S2/c1-27-19-21-9-10-24(19)15-4-2-3-13(11-15)18(26)23-22-17(25)12-28-16-7-5-14(20)6-8-16/h2-11H,12H2,1H3,(H,22,25)(H,23,26). The molecule has 0 spiro atoms. The van der Waals surface area contributed by atoms with Crippen molar-refractivity contribution in [1.82, 2.24) is 20.4 Å². The van der Waals surface area contributed by atoms with Crippen molar-refractivity contribution in [2.75, 3.05) is 12.0 Å². The Bertz CT molecular complexity index is 976. The van der Waals surface area contributed by atoms with E-state index in [0.29, 0.717) is 10.6 Å². The molecule has 3 rings (SSSR count). The summed E-state index contributed by atoms with van der Waals surface area (Å²) < 4.78 is 1.89. The lowest BCUT2D eigenvalue weighted by Crippen LogP contribution is -2.42. The number of rotatable bonds is 6. The predicted octanol–water partition coefficient (Wildman–Crippen LogP) is 3.80. The number of nitrogens with one attached hydrogen (secondary N) is 2. The topological polar surface area (TPSA) is 76.0 Å². The normalized spacial score (nSPS) is 10.5. The third-order valence-corrected chi connectivity index (χ3v) is 5.61. The number of halogens is 1. The number of hydrogen-bond donors (Lipinski definition) is 2. The van der Waals surface area contributed by atoms with Crippen molar-refractivity contribution in [2.45, 2.75) is 10.1 Å². The number of carbonyl (C=O) groups excluding carboxylic acids is 2. The molecule has 0 fully saturated rings. The van der Waals surface area contributed by atoms with Gasteiger partial charge in [-0.05, 0) is 48.7 Å². The van der Waals surface area contributed by atoms with Crippen LogP contribution in [0.2, 0.25) is 5.02 Å². The van der Waals surface area contributed by atoms with E-state index >= 15 is 0 Å². The average molecular weight is 433 g/mol. The minimum atomic E-state index is -0.391. The highest BCUT2D eigenvalue weighted by molar-refractivity contribution is 8.00. The zero-order chi connectivity index (χ0) is 19.9. The van der Waals surface area contributed by atoms with Gasteiger partial charge in [-0.3, -0.25) is 25.0 Å². The summed E-state index contributed by atoms with van der Waals surface area (Å²) in [5, 5.41) is 1.47. The Kier molecular flexibility index (Phi) is 7.02. The molecular formula is C19H17ClN4O2S2. The van der Waals surface area contributed by atoms with Crippen molar-refractivity contribution in [3.05, 3.63) is 71.5 Å². The Hall–Kier alpha value is -2.42. The summed E-state index contributed by atoms with van der Waals surface area (Å²) in [6, 6.07) is 14.3. The van der Waals surface area contributed by atoms with Gasteiger partial charge in [0.15, 0.2) is 5.16 Å². The molecule has 0 unspecified atom stereocenters. The Morgan fingerprint density at radius 1 is 1.14 bits per heavy atom. The van der Waals surface area contributed by atoms with E-state index in [0.717, 1.165) is 15.7 Å². The number of aromatic nitrogens is 2. The number of amides is 2. The second-order valence-electron chi connectivity index (χ2n) is 5.58. The molecule has 144 valence electrons.